The van der Waals surface area contributed by atoms with Crippen LogP contribution < -0.4 is 10.2 Å². The first-order valence-corrected chi connectivity index (χ1v) is 8.39. The lowest BCUT2D eigenvalue weighted by molar-refractivity contribution is 0.560. The minimum atomic E-state index is 0.499. The normalized spacial score (nSPS) is 11.7. The number of rotatable bonds is 7. The molecule has 20 heavy (non-hydrogen) atoms. The van der Waals surface area contributed by atoms with E-state index in [0.717, 1.165) is 17.6 Å². The lowest BCUT2D eigenvalue weighted by atomic mass is 10.1. The highest BCUT2D eigenvalue weighted by Gasteiger charge is 2.16. The van der Waals surface area contributed by atoms with Gasteiger partial charge in [0.05, 0.1) is 0 Å². The van der Waals surface area contributed by atoms with Gasteiger partial charge in [-0.25, -0.2) is 0 Å². The molecule has 0 aliphatic heterocycles. The maximum atomic E-state index is 3.59. The van der Waals surface area contributed by atoms with Gasteiger partial charge in [0.2, 0.25) is 0 Å². The molecule has 0 heterocycles. The van der Waals surface area contributed by atoms with E-state index in [1.807, 2.05) is 0 Å². The summed E-state index contributed by atoms with van der Waals surface area (Å²) in [5.74, 6) is 0.659. The molecule has 0 saturated carbocycles. The summed E-state index contributed by atoms with van der Waals surface area (Å²) in [4.78, 5) is 2.51. The predicted molar refractivity (Wildman–Crippen MR) is 93.4 cm³/mol. The smallest absolute Gasteiger partial charge is 0.0415 e. The average Bonchev–Trinajstić information content (AvgIpc) is 2.33. The van der Waals surface area contributed by atoms with Gasteiger partial charge in [-0.2, -0.15) is 0 Å². The van der Waals surface area contributed by atoms with Gasteiger partial charge in [0, 0.05) is 35.3 Å². The molecule has 0 aliphatic carbocycles. The molecule has 1 aromatic rings. The predicted octanol–water partition coefficient (Wildman–Crippen LogP) is 4.82. The SMILES string of the molecule is CC(C)CN(c1ccc(Br)cc1CNC(C)C)C(C)C. The standard InChI is InChI=1S/C17H29BrN2/c1-12(2)11-20(14(5)6)17-8-7-16(18)9-15(17)10-19-13(3)4/h7-9,12-14,19H,10-11H2,1-6H3. The van der Waals surface area contributed by atoms with Gasteiger partial charge in [-0.1, -0.05) is 43.6 Å². The van der Waals surface area contributed by atoms with Gasteiger partial charge in [0.1, 0.15) is 0 Å². The maximum absolute atomic E-state index is 3.59. The van der Waals surface area contributed by atoms with E-state index >= 15 is 0 Å². The van der Waals surface area contributed by atoms with Crippen molar-refractivity contribution in [1.82, 2.24) is 5.32 Å². The Morgan fingerprint density at radius 1 is 1.10 bits per heavy atom. The molecule has 0 spiro atoms. The number of nitrogens with one attached hydrogen (secondary N) is 1. The topological polar surface area (TPSA) is 15.3 Å². The lowest BCUT2D eigenvalue weighted by Crippen LogP contribution is -2.35. The Morgan fingerprint density at radius 2 is 1.75 bits per heavy atom. The minimum Gasteiger partial charge on any atom is -0.369 e. The van der Waals surface area contributed by atoms with E-state index in [2.05, 4.69) is 85.9 Å². The Balaban J connectivity index is 3.06. The molecular weight excluding hydrogens is 312 g/mol. The van der Waals surface area contributed by atoms with Crippen molar-refractivity contribution in [2.45, 2.75) is 60.2 Å². The molecule has 0 radical (unpaired) electrons. The summed E-state index contributed by atoms with van der Waals surface area (Å²) in [5.41, 5.74) is 2.72. The monoisotopic (exact) mass is 340 g/mol. The van der Waals surface area contributed by atoms with Crippen LogP contribution in [-0.4, -0.2) is 18.6 Å². The third-order valence-electron chi connectivity index (χ3n) is 3.24. The Kier molecular flexibility index (Phi) is 7.04. The molecule has 1 aromatic carbocycles. The largest absolute Gasteiger partial charge is 0.369 e. The number of nitrogens with zero attached hydrogens (tertiary/aromatic N) is 1. The van der Waals surface area contributed by atoms with Gasteiger partial charge in [-0.3, -0.25) is 0 Å². The molecule has 1 N–H and O–H groups in total. The van der Waals surface area contributed by atoms with Crippen LogP contribution >= 0.6 is 15.9 Å². The van der Waals surface area contributed by atoms with Crippen LogP contribution in [0.25, 0.3) is 0 Å². The molecule has 0 atom stereocenters. The average molecular weight is 341 g/mol. The van der Waals surface area contributed by atoms with Crippen LogP contribution in [0, 0.1) is 5.92 Å². The third-order valence-corrected chi connectivity index (χ3v) is 3.73. The number of halogens is 1. The van der Waals surface area contributed by atoms with Crippen molar-refractivity contribution in [3.05, 3.63) is 28.2 Å². The fourth-order valence-electron chi connectivity index (χ4n) is 2.27. The molecular formula is C17H29BrN2. The fraction of sp³-hybridized carbons (Fsp3) is 0.647. The second-order valence-corrected chi connectivity index (χ2v) is 7.36. The number of hydrogen-bond donors (Lipinski definition) is 1. The molecule has 0 amide bonds. The van der Waals surface area contributed by atoms with Gasteiger partial charge in [-0.15, -0.1) is 0 Å². The van der Waals surface area contributed by atoms with E-state index in [0.29, 0.717) is 18.0 Å². The highest BCUT2D eigenvalue weighted by molar-refractivity contribution is 9.10. The van der Waals surface area contributed by atoms with Crippen LogP contribution in [-0.2, 0) is 6.54 Å². The highest BCUT2D eigenvalue weighted by Crippen LogP contribution is 2.27. The second kappa shape index (κ2) is 8.04. The molecule has 0 saturated heterocycles. The summed E-state index contributed by atoms with van der Waals surface area (Å²) in [6.45, 7) is 15.5. The number of benzene rings is 1. The van der Waals surface area contributed by atoms with Crippen molar-refractivity contribution >= 4 is 21.6 Å². The number of hydrogen-bond acceptors (Lipinski definition) is 2. The van der Waals surface area contributed by atoms with Crippen LogP contribution in [0.15, 0.2) is 22.7 Å². The second-order valence-electron chi connectivity index (χ2n) is 6.45. The van der Waals surface area contributed by atoms with Crippen LogP contribution in [0.4, 0.5) is 5.69 Å². The Bertz CT molecular complexity index is 413. The van der Waals surface area contributed by atoms with Gasteiger partial charge in [0.25, 0.3) is 0 Å². The Morgan fingerprint density at radius 3 is 2.25 bits per heavy atom. The molecule has 1 rings (SSSR count). The van der Waals surface area contributed by atoms with Crippen molar-refractivity contribution < 1.29 is 0 Å². The van der Waals surface area contributed by atoms with E-state index in [1.54, 1.807) is 0 Å². The van der Waals surface area contributed by atoms with Gasteiger partial charge in [-0.05, 0) is 43.5 Å². The summed E-state index contributed by atoms with van der Waals surface area (Å²) in [6.07, 6.45) is 0. The first kappa shape index (κ1) is 17.5. The molecule has 0 unspecified atom stereocenters. The summed E-state index contributed by atoms with van der Waals surface area (Å²) in [5, 5.41) is 3.53. The summed E-state index contributed by atoms with van der Waals surface area (Å²) in [7, 11) is 0. The minimum absolute atomic E-state index is 0.499. The van der Waals surface area contributed by atoms with Crippen molar-refractivity contribution in [1.29, 1.82) is 0 Å². The quantitative estimate of drug-likeness (QED) is 0.765. The van der Waals surface area contributed by atoms with Crippen molar-refractivity contribution in [3.63, 3.8) is 0 Å². The van der Waals surface area contributed by atoms with E-state index in [-0.39, 0.29) is 0 Å². The van der Waals surface area contributed by atoms with Gasteiger partial charge >= 0.3 is 0 Å². The van der Waals surface area contributed by atoms with E-state index in [1.165, 1.54) is 11.3 Å². The first-order chi connectivity index (χ1) is 9.31. The summed E-state index contributed by atoms with van der Waals surface area (Å²) < 4.78 is 1.15. The Hall–Kier alpha value is -0.540. The number of anilines is 1. The zero-order chi connectivity index (χ0) is 15.3. The van der Waals surface area contributed by atoms with Gasteiger partial charge < -0.3 is 10.2 Å². The zero-order valence-corrected chi connectivity index (χ0v) is 15.3. The molecule has 114 valence electrons. The van der Waals surface area contributed by atoms with E-state index < -0.39 is 0 Å². The molecule has 2 nitrogen and oxygen atoms in total. The van der Waals surface area contributed by atoms with Crippen LogP contribution in [0.5, 0.6) is 0 Å². The summed E-state index contributed by atoms with van der Waals surface area (Å²) >= 11 is 3.59. The van der Waals surface area contributed by atoms with Crippen molar-refractivity contribution in [3.8, 4) is 0 Å². The van der Waals surface area contributed by atoms with Crippen LogP contribution in [0.1, 0.15) is 47.1 Å². The fourth-order valence-corrected chi connectivity index (χ4v) is 2.68. The van der Waals surface area contributed by atoms with Gasteiger partial charge in [0.15, 0.2) is 0 Å². The molecule has 0 aromatic heterocycles. The van der Waals surface area contributed by atoms with Crippen LogP contribution in [0.3, 0.4) is 0 Å². The van der Waals surface area contributed by atoms with E-state index in [9.17, 15) is 0 Å². The first-order valence-electron chi connectivity index (χ1n) is 7.59. The lowest BCUT2D eigenvalue weighted by Gasteiger charge is -2.33. The zero-order valence-electron chi connectivity index (χ0n) is 13.7. The highest BCUT2D eigenvalue weighted by atomic mass is 79.9. The third kappa shape index (κ3) is 5.45. The van der Waals surface area contributed by atoms with Crippen LogP contribution in [0.2, 0.25) is 0 Å². The maximum Gasteiger partial charge on any atom is 0.0415 e. The van der Waals surface area contributed by atoms with E-state index in [4.69, 9.17) is 0 Å². The van der Waals surface area contributed by atoms with Crippen molar-refractivity contribution in [2.24, 2.45) is 5.92 Å². The van der Waals surface area contributed by atoms with Crippen molar-refractivity contribution in [2.75, 3.05) is 11.4 Å². The molecule has 0 fully saturated rings. The molecule has 0 aliphatic rings. The summed E-state index contributed by atoms with van der Waals surface area (Å²) in [6, 6.07) is 7.63. The molecule has 3 heteroatoms. The Labute approximate surface area is 133 Å². The molecule has 0 bridgehead atoms.